The largest absolute Gasteiger partial charge is 0.493 e. The first kappa shape index (κ1) is 16.1. The van der Waals surface area contributed by atoms with Crippen molar-refractivity contribution in [2.24, 2.45) is 5.73 Å². The van der Waals surface area contributed by atoms with Crippen LogP contribution in [0.3, 0.4) is 0 Å². The number of carbonyl (C=O) groups is 1. The Morgan fingerprint density at radius 3 is 2.87 bits per heavy atom. The Kier molecular flexibility index (Phi) is 5.36. The molecule has 0 aliphatic carbocycles. The number of rotatable bonds is 7. The first-order chi connectivity index (χ1) is 11.1. The summed E-state index contributed by atoms with van der Waals surface area (Å²) in [7, 11) is 1.52. The lowest BCUT2D eigenvalue weighted by molar-refractivity contribution is -0.119. The van der Waals surface area contributed by atoms with Gasteiger partial charge in [0, 0.05) is 6.54 Å². The van der Waals surface area contributed by atoms with Crippen molar-refractivity contribution in [1.29, 1.82) is 5.26 Å². The normalized spacial score (nSPS) is 9.74. The van der Waals surface area contributed by atoms with Gasteiger partial charge in [0.15, 0.2) is 18.1 Å². The number of nitrogens with one attached hydrogen (secondary N) is 1. The highest BCUT2D eigenvalue weighted by molar-refractivity contribution is 5.75. The van der Waals surface area contributed by atoms with E-state index in [1.807, 2.05) is 12.1 Å². The SMILES string of the molecule is COc1cc(CNc2cccc(C#N)n2)ccc1OCC(N)=O. The molecule has 1 heterocycles. The second-order valence-electron chi connectivity index (χ2n) is 4.61. The summed E-state index contributed by atoms with van der Waals surface area (Å²) in [6.45, 7) is 0.285. The zero-order valence-electron chi connectivity index (χ0n) is 12.6. The number of carbonyl (C=O) groups excluding carboxylic acids is 1. The molecule has 7 nitrogen and oxygen atoms in total. The molecule has 23 heavy (non-hydrogen) atoms. The fraction of sp³-hybridized carbons (Fsp3) is 0.188. The Morgan fingerprint density at radius 1 is 1.35 bits per heavy atom. The molecule has 0 radical (unpaired) electrons. The van der Waals surface area contributed by atoms with Crippen LogP contribution < -0.4 is 20.5 Å². The maximum atomic E-state index is 10.8. The molecular weight excluding hydrogens is 296 g/mol. The summed E-state index contributed by atoms with van der Waals surface area (Å²) in [5.41, 5.74) is 6.33. The molecule has 7 heteroatoms. The third-order valence-electron chi connectivity index (χ3n) is 2.94. The lowest BCUT2D eigenvalue weighted by Crippen LogP contribution is -2.20. The predicted molar refractivity (Wildman–Crippen MR) is 84.0 cm³/mol. The van der Waals surface area contributed by atoms with E-state index in [1.54, 1.807) is 30.3 Å². The molecule has 3 N–H and O–H groups in total. The van der Waals surface area contributed by atoms with Crippen LogP contribution in [-0.2, 0) is 11.3 Å². The summed E-state index contributed by atoms with van der Waals surface area (Å²) >= 11 is 0. The molecule has 0 spiro atoms. The van der Waals surface area contributed by atoms with E-state index >= 15 is 0 Å². The molecule has 1 amide bonds. The van der Waals surface area contributed by atoms with Gasteiger partial charge in [-0.3, -0.25) is 4.79 Å². The van der Waals surface area contributed by atoms with E-state index in [1.165, 1.54) is 7.11 Å². The summed E-state index contributed by atoms with van der Waals surface area (Å²) in [6, 6.07) is 12.5. The smallest absolute Gasteiger partial charge is 0.255 e. The standard InChI is InChI=1S/C16H16N4O3/c1-22-14-7-11(5-6-13(14)23-10-15(18)21)9-19-16-4-2-3-12(8-17)20-16/h2-7H,9-10H2,1H3,(H2,18,21)(H,19,20). The van der Waals surface area contributed by atoms with Gasteiger partial charge in [0.1, 0.15) is 17.6 Å². The fourth-order valence-corrected chi connectivity index (χ4v) is 1.88. The number of pyridine rings is 1. The topological polar surface area (TPSA) is 110 Å². The number of nitrogens with two attached hydrogens (primary N) is 1. The molecule has 0 aliphatic heterocycles. The second-order valence-corrected chi connectivity index (χ2v) is 4.61. The van der Waals surface area contributed by atoms with E-state index in [4.69, 9.17) is 20.5 Å². The minimum Gasteiger partial charge on any atom is -0.493 e. The van der Waals surface area contributed by atoms with Crippen molar-refractivity contribution in [2.75, 3.05) is 19.0 Å². The number of amides is 1. The van der Waals surface area contributed by atoms with Crippen LogP contribution in [-0.4, -0.2) is 24.6 Å². The number of hydrogen-bond donors (Lipinski definition) is 2. The van der Waals surface area contributed by atoms with Gasteiger partial charge in [0.2, 0.25) is 0 Å². The molecule has 2 aromatic rings. The minimum absolute atomic E-state index is 0.209. The van der Waals surface area contributed by atoms with Gasteiger partial charge in [0.05, 0.1) is 7.11 Å². The van der Waals surface area contributed by atoms with Crippen LogP contribution >= 0.6 is 0 Å². The Labute approximate surface area is 133 Å². The summed E-state index contributed by atoms with van der Waals surface area (Å²) in [4.78, 5) is 14.9. The van der Waals surface area contributed by atoms with Gasteiger partial charge in [-0.2, -0.15) is 5.26 Å². The van der Waals surface area contributed by atoms with Gasteiger partial charge in [-0.1, -0.05) is 12.1 Å². The second kappa shape index (κ2) is 7.66. The van der Waals surface area contributed by atoms with Crippen LogP contribution in [0.2, 0.25) is 0 Å². The summed E-state index contributed by atoms with van der Waals surface area (Å²) in [6.07, 6.45) is 0. The Bertz CT molecular complexity index is 740. The number of primary amides is 1. The zero-order chi connectivity index (χ0) is 16.7. The number of hydrogen-bond acceptors (Lipinski definition) is 6. The third-order valence-corrected chi connectivity index (χ3v) is 2.94. The van der Waals surface area contributed by atoms with Crippen LogP contribution in [0.4, 0.5) is 5.82 Å². The van der Waals surface area contributed by atoms with Crippen molar-refractivity contribution < 1.29 is 14.3 Å². The van der Waals surface area contributed by atoms with Gasteiger partial charge in [0.25, 0.3) is 5.91 Å². The van der Waals surface area contributed by atoms with Crippen molar-refractivity contribution in [1.82, 2.24) is 4.98 Å². The predicted octanol–water partition coefficient (Wildman–Crippen LogP) is 1.44. The average molecular weight is 312 g/mol. The fourth-order valence-electron chi connectivity index (χ4n) is 1.88. The minimum atomic E-state index is -0.554. The lowest BCUT2D eigenvalue weighted by Gasteiger charge is -2.12. The van der Waals surface area contributed by atoms with Crippen molar-refractivity contribution >= 4 is 11.7 Å². The number of nitrogens with zero attached hydrogens (tertiary/aromatic N) is 2. The molecule has 0 saturated heterocycles. The molecule has 1 aromatic carbocycles. The highest BCUT2D eigenvalue weighted by atomic mass is 16.5. The maximum Gasteiger partial charge on any atom is 0.255 e. The number of aromatic nitrogens is 1. The first-order valence-corrected chi connectivity index (χ1v) is 6.81. The maximum absolute atomic E-state index is 10.8. The van der Waals surface area contributed by atoms with Gasteiger partial charge in [-0.05, 0) is 29.8 Å². The van der Waals surface area contributed by atoms with E-state index in [0.29, 0.717) is 29.6 Å². The molecule has 0 atom stereocenters. The van der Waals surface area contributed by atoms with Crippen molar-refractivity contribution in [3.63, 3.8) is 0 Å². The number of anilines is 1. The monoisotopic (exact) mass is 312 g/mol. The van der Waals surface area contributed by atoms with Crippen molar-refractivity contribution in [3.8, 4) is 17.6 Å². The molecule has 1 aromatic heterocycles. The van der Waals surface area contributed by atoms with E-state index in [9.17, 15) is 4.79 Å². The van der Waals surface area contributed by atoms with Gasteiger partial charge in [-0.25, -0.2) is 4.98 Å². The Balaban J connectivity index is 2.05. The molecule has 2 rings (SSSR count). The molecule has 0 unspecified atom stereocenters. The Morgan fingerprint density at radius 2 is 2.17 bits per heavy atom. The van der Waals surface area contributed by atoms with Crippen LogP contribution in [0.25, 0.3) is 0 Å². The Hall–Kier alpha value is -3.27. The molecule has 0 fully saturated rings. The molecular formula is C16H16N4O3. The number of benzene rings is 1. The quantitative estimate of drug-likeness (QED) is 0.800. The number of methoxy groups -OCH3 is 1. The molecule has 0 bridgehead atoms. The van der Waals surface area contributed by atoms with E-state index in [2.05, 4.69) is 10.3 Å². The average Bonchev–Trinajstić information content (AvgIpc) is 2.58. The van der Waals surface area contributed by atoms with Crippen LogP contribution in [0.1, 0.15) is 11.3 Å². The number of nitriles is 1. The van der Waals surface area contributed by atoms with E-state index < -0.39 is 5.91 Å². The van der Waals surface area contributed by atoms with Crippen molar-refractivity contribution in [2.45, 2.75) is 6.54 Å². The van der Waals surface area contributed by atoms with Gasteiger partial charge in [-0.15, -0.1) is 0 Å². The third kappa shape index (κ3) is 4.61. The van der Waals surface area contributed by atoms with Crippen molar-refractivity contribution in [3.05, 3.63) is 47.7 Å². The van der Waals surface area contributed by atoms with E-state index in [0.717, 1.165) is 5.56 Å². The van der Waals surface area contributed by atoms with Gasteiger partial charge < -0.3 is 20.5 Å². The van der Waals surface area contributed by atoms with Crippen LogP contribution in [0, 0.1) is 11.3 Å². The van der Waals surface area contributed by atoms with Crippen LogP contribution in [0.5, 0.6) is 11.5 Å². The van der Waals surface area contributed by atoms with Gasteiger partial charge >= 0.3 is 0 Å². The summed E-state index contributed by atoms with van der Waals surface area (Å²) in [5, 5.41) is 12.0. The van der Waals surface area contributed by atoms with Crippen LogP contribution in [0.15, 0.2) is 36.4 Å². The molecule has 0 saturated carbocycles. The van der Waals surface area contributed by atoms with E-state index in [-0.39, 0.29) is 6.61 Å². The summed E-state index contributed by atoms with van der Waals surface area (Å²) in [5.74, 6) is 1.00. The lowest BCUT2D eigenvalue weighted by atomic mass is 10.2. The molecule has 118 valence electrons. The highest BCUT2D eigenvalue weighted by Crippen LogP contribution is 2.28. The first-order valence-electron chi connectivity index (χ1n) is 6.81. The number of ether oxygens (including phenoxy) is 2. The zero-order valence-corrected chi connectivity index (χ0v) is 12.6. The molecule has 0 aliphatic rings. The summed E-state index contributed by atoms with van der Waals surface area (Å²) < 4.78 is 10.5. The highest BCUT2D eigenvalue weighted by Gasteiger charge is 2.07.